The van der Waals surface area contributed by atoms with Gasteiger partial charge in [-0.2, -0.15) is 0 Å². The number of hydrogen-bond donors (Lipinski definition) is 1. The minimum absolute atomic E-state index is 0.252. The maximum Gasteiger partial charge on any atom is 0.255 e. The largest absolute Gasteiger partial charge is 0.496 e. The molecule has 0 radical (unpaired) electrons. The van der Waals surface area contributed by atoms with Crippen LogP contribution in [0.5, 0.6) is 23.0 Å². The third-order valence-corrected chi connectivity index (χ3v) is 4.79. The van der Waals surface area contributed by atoms with E-state index in [0.29, 0.717) is 28.5 Å². The van der Waals surface area contributed by atoms with Crippen molar-refractivity contribution < 1.29 is 19.0 Å². The lowest BCUT2D eigenvalue weighted by molar-refractivity contribution is 0.102. The van der Waals surface area contributed by atoms with E-state index in [4.69, 9.17) is 14.2 Å². The molecular weight excluding hydrogens is 402 g/mol. The van der Waals surface area contributed by atoms with Gasteiger partial charge >= 0.3 is 0 Å². The van der Waals surface area contributed by atoms with E-state index in [-0.39, 0.29) is 12.5 Å². The van der Waals surface area contributed by atoms with Crippen LogP contribution in [0.25, 0.3) is 0 Å². The van der Waals surface area contributed by atoms with Gasteiger partial charge in [-0.05, 0) is 54.6 Å². The van der Waals surface area contributed by atoms with Crippen LogP contribution >= 0.6 is 0 Å². The van der Waals surface area contributed by atoms with Gasteiger partial charge < -0.3 is 19.5 Å². The topological polar surface area (TPSA) is 56.8 Å². The molecular formula is C27H23NO4. The summed E-state index contributed by atoms with van der Waals surface area (Å²) in [5, 5.41) is 2.94. The van der Waals surface area contributed by atoms with Crippen molar-refractivity contribution in [3.8, 4) is 23.0 Å². The standard InChI is InChI=1S/C27H23NO4/c1-30-25-17-16-20(18-21(25)19-31-22-10-4-2-5-11-22)27(29)28-24-14-8-9-15-26(24)32-23-12-6-3-7-13-23/h2-18H,19H2,1H3,(H,28,29). The molecule has 4 aromatic rings. The lowest BCUT2D eigenvalue weighted by Gasteiger charge is -2.14. The summed E-state index contributed by atoms with van der Waals surface area (Å²) in [6.07, 6.45) is 0. The van der Waals surface area contributed by atoms with Crippen molar-refractivity contribution in [3.05, 3.63) is 114 Å². The lowest BCUT2D eigenvalue weighted by atomic mass is 10.1. The SMILES string of the molecule is COc1ccc(C(=O)Nc2ccccc2Oc2ccccc2)cc1COc1ccccc1. The summed E-state index contributed by atoms with van der Waals surface area (Å²) in [6.45, 7) is 0.280. The fourth-order valence-corrected chi connectivity index (χ4v) is 3.18. The molecule has 1 amide bonds. The molecule has 0 aliphatic carbocycles. The van der Waals surface area contributed by atoms with E-state index in [1.165, 1.54) is 0 Å². The van der Waals surface area contributed by atoms with Crippen LogP contribution in [0.2, 0.25) is 0 Å². The highest BCUT2D eigenvalue weighted by Gasteiger charge is 2.14. The third-order valence-electron chi connectivity index (χ3n) is 4.79. The Balaban J connectivity index is 1.51. The van der Waals surface area contributed by atoms with Crippen LogP contribution in [0, 0.1) is 0 Å². The first-order chi connectivity index (χ1) is 15.7. The molecule has 4 rings (SSSR count). The van der Waals surface area contributed by atoms with Gasteiger partial charge in [0, 0.05) is 11.1 Å². The molecule has 0 aliphatic rings. The van der Waals surface area contributed by atoms with Gasteiger partial charge in [0.15, 0.2) is 5.75 Å². The average Bonchev–Trinajstić information content (AvgIpc) is 2.85. The van der Waals surface area contributed by atoms with Crippen LogP contribution in [-0.4, -0.2) is 13.0 Å². The summed E-state index contributed by atoms with van der Waals surface area (Å²) >= 11 is 0. The molecule has 0 atom stereocenters. The zero-order valence-corrected chi connectivity index (χ0v) is 17.7. The van der Waals surface area contributed by atoms with Crippen LogP contribution in [-0.2, 0) is 6.61 Å². The average molecular weight is 425 g/mol. The zero-order chi connectivity index (χ0) is 22.2. The number of amides is 1. The Labute approximate surface area is 187 Å². The molecule has 0 saturated heterocycles. The zero-order valence-electron chi connectivity index (χ0n) is 17.7. The van der Waals surface area contributed by atoms with Crippen molar-refractivity contribution in [1.82, 2.24) is 0 Å². The van der Waals surface area contributed by atoms with E-state index in [0.717, 1.165) is 11.3 Å². The van der Waals surface area contributed by atoms with Gasteiger partial charge in [0.05, 0.1) is 12.8 Å². The van der Waals surface area contributed by atoms with Crippen LogP contribution in [0.3, 0.4) is 0 Å². The maximum absolute atomic E-state index is 13.0. The molecule has 0 aliphatic heterocycles. The van der Waals surface area contributed by atoms with Crippen LogP contribution in [0.1, 0.15) is 15.9 Å². The van der Waals surface area contributed by atoms with Crippen LogP contribution < -0.4 is 19.5 Å². The molecule has 4 aromatic carbocycles. The lowest BCUT2D eigenvalue weighted by Crippen LogP contribution is -2.13. The summed E-state index contributed by atoms with van der Waals surface area (Å²) < 4.78 is 17.2. The second kappa shape index (κ2) is 10.2. The van der Waals surface area contributed by atoms with E-state index in [2.05, 4.69) is 5.32 Å². The van der Waals surface area contributed by atoms with Gasteiger partial charge in [0.1, 0.15) is 23.9 Å². The number of para-hydroxylation sites is 4. The monoisotopic (exact) mass is 425 g/mol. The third kappa shape index (κ3) is 5.26. The fraction of sp³-hybridized carbons (Fsp3) is 0.0741. The number of hydrogen-bond acceptors (Lipinski definition) is 4. The smallest absolute Gasteiger partial charge is 0.255 e. The first-order valence-corrected chi connectivity index (χ1v) is 10.2. The Morgan fingerprint density at radius 3 is 2.12 bits per heavy atom. The highest BCUT2D eigenvalue weighted by molar-refractivity contribution is 6.05. The van der Waals surface area contributed by atoms with Crippen molar-refractivity contribution in [3.63, 3.8) is 0 Å². The Morgan fingerprint density at radius 1 is 0.750 bits per heavy atom. The normalized spacial score (nSPS) is 10.3. The second-order valence-electron chi connectivity index (χ2n) is 6.99. The number of anilines is 1. The summed E-state index contributed by atoms with van der Waals surface area (Å²) in [5.41, 5.74) is 1.85. The Morgan fingerprint density at radius 2 is 1.41 bits per heavy atom. The van der Waals surface area contributed by atoms with Crippen molar-refractivity contribution in [2.24, 2.45) is 0 Å². The van der Waals surface area contributed by atoms with E-state index >= 15 is 0 Å². The fourth-order valence-electron chi connectivity index (χ4n) is 3.18. The molecule has 160 valence electrons. The summed E-state index contributed by atoms with van der Waals surface area (Å²) in [4.78, 5) is 13.0. The first kappa shape index (κ1) is 21.0. The molecule has 0 bridgehead atoms. The Hall–Kier alpha value is -4.25. The molecule has 0 aromatic heterocycles. The van der Waals surface area contributed by atoms with Crippen molar-refractivity contribution in [2.75, 3.05) is 12.4 Å². The number of nitrogens with one attached hydrogen (secondary N) is 1. The number of carbonyl (C=O) groups excluding carboxylic acids is 1. The highest BCUT2D eigenvalue weighted by Crippen LogP contribution is 2.30. The summed E-state index contributed by atoms with van der Waals surface area (Å²) in [6, 6.07) is 31.5. The molecule has 5 nitrogen and oxygen atoms in total. The van der Waals surface area contributed by atoms with Gasteiger partial charge in [-0.1, -0.05) is 48.5 Å². The molecule has 0 spiro atoms. The molecule has 0 heterocycles. The molecule has 0 fully saturated rings. The number of carbonyl (C=O) groups is 1. The van der Waals surface area contributed by atoms with Gasteiger partial charge in [0.25, 0.3) is 5.91 Å². The van der Waals surface area contributed by atoms with Crippen molar-refractivity contribution in [1.29, 1.82) is 0 Å². The van der Waals surface area contributed by atoms with Crippen LogP contribution in [0.15, 0.2) is 103 Å². The van der Waals surface area contributed by atoms with Gasteiger partial charge in [-0.15, -0.1) is 0 Å². The van der Waals surface area contributed by atoms with Gasteiger partial charge in [-0.25, -0.2) is 0 Å². The van der Waals surface area contributed by atoms with E-state index in [1.54, 1.807) is 31.4 Å². The molecule has 0 saturated carbocycles. The molecule has 32 heavy (non-hydrogen) atoms. The van der Waals surface area contributed by atoms with E-state index in [9.17, 15) is 4.79 Å². The number of methoxy groups -OCH3 is 1. The van der Waals surface area contributed by atoms with Crippen molar-refractivity contribution in [2.45, 2.75) is 6.61 Å². The summed E-state index contributed by atoms with van der Waals surface area (Å²) in [5.74, 6) is 2.41. The second-order valence-corrected chi connectivity index (χ2v) is 6.99. The quantitative estimate of drug-likeness (QED) is 0.359. The van der Waals surface area contributed by atoms with Gasteiger partial charge in [0.2, 0.25) is 0 Å². The van der Waals surface area contributed by atoms with E-state index in [1.807, 2.05) is 78.9 Å². The Bertz CT molecular complexity index is 1180. The Kier molecular flexibility index (Phi) is 6.68. The molecule has 0 unspecified atom stereocenters. The number of rotatable bonds is 8. The number of ether oxygens (including phenoxy) is 3. The predicted octanol–water partition coefficient (Wildman–Crippen LogP) is 6.32. The van der Waals surface area contributed by atoms with Crippen LogP contribution in [0.4, 0.5) is 5.69 Å². The van der Waals surface area contributed by atoms with Crippen molar-refractivity contribution >= 4 is 11.6 Å². The first-order valence-electron chi connectivity index (χ1n) is 10.2. The minimum Gasteiger partial charge on any atom is -0.496 e. The van der Waals surface area contributed by atoms with Gasteiger partial charge in [-0.3, -0.25) is 4.79 Å². The minimum atomic E-state index is -0.252. The summed E-state index contributed by atoms with van der Waals surface area (Å²) in [7, 11) is 1.60. The van der Waals surface area contributed by atoms with E-state index < -0.39 is 0 Å². The highest BCUT2D eigenvalue weighted by atomic mass is 16.5. The number of benzene rings is 4. The molecule has 1 N–H and O–H groups in total. The maximum atomic E-state index is 13.0. The molecule has 5 heteroatoms. The predicted molar refractivity (Wildman–Crippen MR) is 125 cm³/mol.